The molecule has 0 aliphatic rings. The fraction of sp³-hybridized carbons (Fsp3) is 0.136. The quantitative estimate of drug-likeness (QED) is 0.541. The van der Waals surface area contributed by atoms with Crippen LogP contribution in [-0.2, 0) is 6.61 Å². The lowest BCUT2D eigenvalue weighted by Crippen LogP contribution is -2.41. The van der Waals surface area contributed by atoms with E-state index < -0.39 is 11.8 Å². The fourth-order valence-corrected chi connectivity index (χ4v) is 3.06. The summed E-state index contributed by atoms with van der Waals surface area (Å²) in [6.07, 6.45) is 3.42. The Morgan fingerprint density at radius 2 is 1.77 bits per heavy atom. The summed E-state index contributed by atoms with van der Waals surface area (Å²) in [5, 5.41) is 10.1. The molecule has 7 nitrogen and oxygen atoms in total. The van der Waals surface area contributed by atoms with Gasteiger partial charge in [0.2, 0.25) is 0 Å². The highest BCUT2D eigenvalue weighted by molar-refractivity contribution is 6.31. The molecule has 3 aromatic rings. The van der Waals surface area contributed by atoms with Gasteiger partial charge in [-0.3, -0.25) is 25.4 Å². The van der Waals surface area contributed by atoms with Gasteiger partial charge < -0.3 is 9.84 Å². The average molecular weight is 426 g/mol. The molecule has 30 heavy (non-hydrogen) atoms. The minimum atomic E-state index is -0.687. The van der Waals surface area contributed by atoms with Crippen molar-refractivity contribution in [3.63, 3.8) is 0 Å². The van der Waals surface area contributed by atoms with Crippen LogP contribution in [-0.4, -0.2) is 21.9 Å². The van der Waals surface area contributed by atoms with E-state index in [1.54, 1.807) is 24.5 Å². The predicted molar refractivity (Wildman–Crippen MR) is 113 cm³/mol. The number of benzene rings is 2. The van der Waals surface area contributed by atoms with Crippen LogP contribution in [0, 0.1) is 13.8 Å². The summed E-state index contributed by atoms with van der Waals surface area (Å²) < 4.78 is 5.89. The second-order valence-corrected chi connectivity index (χ2v) is 7.10. The number of amides is 2. The molecule has 0 aliphatic heterocycles. The number of rotatable bonds is 5. The van der Waals surface area contributed by atoms with Crippen molar-refractivity contribution in [1.29, 1.82) is 0 Å². The molecule has 0 radical (unpaired) electrons. The van der Waals surface area contributed by atoms with Gasteiger partial charge in [-0.25, -0.2) is 0 Å². The Labute approximate surface area is 178 Å². The normalized spacial score (nSPS) is 10.4. The van der Waals surface area contributed by atoms with Crippen molar-refractivity contribution in [3.8, 4) is 11.5 Å². The molecule has 8 heteroatoms. The van der Waals surface area contributed by atoms with E-state index in [1.165, 1.54) is 18.2 Å². The third-order valence-electron chi connectivity index (χ3n) is 4.32. The number of carbonyl (C=O) groups excluding carboxylic acids is 2. The number of pyridine rings is 1. The molecule has 0 saturated heterocycles. The number of carbonyl (C=O) groups is 2. The van der Waals surface area contributed by atoms with E-state index in [1.807, 2.05) is 26.0 Å². The third kappa shape index (κ3) is 5.07. The van der Waals surface area contributed by atoms with E-state index in [2.05, 4.69) is 15.8 Å². The van der Waals surface area contributed by atoms with Crippen molar-refractivity contribution in [2.24, 2.45) is 0 Å². The number of hydrogen-bond donors (Lipinski definition) is 3. The topological polar surface area (TPSA) is 101 Å². The number of ether oxygens (including phenoxy) is 1. The van der Waals surface area contributed by atoms with Gasteiger partial charge in [-0.15, -0.1) is 0 Å². The molecule has 2 aromatic carbocycles. The highest BCUT2D eigenvalue weighted by atomic mass is 35.5. The molecular weight excluding hydrogens is 406 g/mol. The van der Waals surface area contributed by atoms with Crippen molar-refractivity contribution in [1.82, 2.24) is 15.8 Å². The monoisotopic (exact) mass is 425 g/mol. The first-order chi connectivity index (χ1) is 14.3. The molecule has 0 spiro atoms. The number of halogens is 1. The number of nitrogens with one attached hydrogen (secondary N) is 2. The number of aromatic hydroxyl groups is 1. The van der Waals surface area contributed by atoms with Crippen molar-refractivity contribution in [3.05, 3.63) is 87.7 Å². The van der Waals surface area contributed by atoms with E-state index in [-0.39, 0.29) is 16.3 Å². The summed E-state index contributed by atoms with van der Waals surface area (Å²) in [6.45, 7) is 4.04. The molecule has 0 aliphatic carbocycles. The van der Waals surface area contributed by atoms with Gasteiger partial charge in [-0.05, 0) is 61.4 Å². The average Bonchev–Trinajstić information content (AvgIpc) is 2.73. The predicted octanol–water partition coefficient (Wildman–Crippen LogP) is 3.71. The first kappa shape index (κ1) is 21.1. The third-order valence-corrected chi connectivity index (χ3v) is 4.56. The van der Waals surface area contributed by atoms with Gasteiger partial charge in [0, 0.05) is 28.5 Å². The molecule has 3 rings (SSSR count). The zero-order valence-electron chi connectivity index (χ0n) is 16.4. The molecule has 0 unspecified atom stereocenters. The Bertz CT molecular complexity index is 1060. The Morgan fingerprint density at radius 3 is 2.43 bits per heavy atom. The number of phenols is 1. The molecular formula is C22H20ClN3O4. The Balaban J connectivity index is 1.66. The largest absolute Gasteiger partial charge is 0.507 e. The van der Waals surface area contributed by atoms with Crippen molar-refractivity contribution in [2.45, 2.75) is 20.5 Å². The standard InChI is InChI=1S/C22H20ClN3O4/c1-13-8-16(9-14(2)20(13)30-12-15-4-3-7-24-11-15)21(28)25-26-22(29)18-10-17(23)5-6-19(18)27/h3-11,27H,12H2,1-2H3,(H,25,28)(H,26,29). The van der Waals surface area contributed by atoms with Crippen LogP contribution < -0.4 is 15.6 Å². The number of aryl methyl sites for hydroxylation is 2. The zero-order chi connectivity index (χ0) is 21.7. The highest BCUT2D eigenvalue weighted by Gasteiger charge is 2.15. The highest BCUT2D eigenvalue weighted by Crippen LogP contribution is 2.26. The summed E-state index contributed by atoms with van der Waals surface area (Å²) in [4.78, 5) is 28.7. The van der Waals surface area contributed by atoms with Crippen LogP contribution in [0.3, 0.4) is 0 Å². The number of nitrogens with zero attached hydrogens (tertiary/aromatic N) is 1. The molecule has 2 amide bonds. The summed E-state index contributed by atoms with van der Waals surface area (Å²) >= 11 is 5.84. The minimum absolute atomic E-state index is 0.0469. The summed E-state index contributed by atoms with van der Waals surface area (Å²) in [5.74, 6) is -0.751. The second kappa shape index (κ2) is 9.28. The van der Waals surface area contributed by atoms with Gasteiger partial charge in [-0.2, -0.15) is 0 Å². The lowest BCUT2D eigenvalue weighted by Gasteiger charge is -2.14. The Kier molecular flexibility index (Phi) is 6.54. The zero-order valence-corrected chi connectivity index (χ0v) is 17.2. The van der Waals surface area contributed by atoms with Gasteiger partial charge in [-0.1, -0.05) is 17.7 Å². The number of aromatic nitrogens is 1. The maximum atomic E-state index is 12.5. The Hall–Kier alpha value is -3.58. The van der Waals surface area contributed by atoms with E-state index in [0.717, 1.165) is 16.7 Å². The van der Waals surface area contributed by atoms with Gasteiger partial charge in [0.05, 0.1) is 5.56 Å². The Morgan fingerprint density at radius 1 is 1.07 bits per heavy atom. The molecule has 1 heterocycles. The maximum Gasteiger partial charge on any atom is 0.273 e. The fourth-order valence-electron chi connectivity index (χ4n) is 2.89. The van der Waals surface area contributed by atoms with Crippen molar-refractivity contribution < 1.29 is 19.4 Å². The molecule has 0 atom stereocenters. The number of hydrogen-bond acceptors (Lipinski definition) is 5. The summed E-state index contributed by atoms with van der Waals surface area (Å²) in [7, 11) is 0. The SMILES string of the molecule is Cc1cc(C(=O)NNC(=O)c2cc(Cl)ccc2O)cc(C)c1OCc1cccnc1. The minimum Gasteiger partial charge on any atom is -0.507 e. The first-order valence-corrected chi connectivity index (χ1v) is 9.45. The van der Waals surface area contributed by atoms with Crippen LogP contribution in [0.1, 0.15) is 37.4 Å². The van der Waals surface area contributed by atoms with Crippen LogP contribution in [0.15, 0.2) is 54.9 Å². The maximum absolute atomic E-state index is 12.5. The molecule has 3 N–H and O–H groups in total. The van der Waals surface area contributed by atoms with Crippen molar-refractivity contribution in [2.75, 3.05) is 0 Å². The van der Waals surface area contributed by atoms with Crippen LogP contribution in [0.5, 0.6) is 11.5 Å². The lowest BCUT2D eigenvalue weighted by atomic mass is 10.1. The molecule has 1 aromatic heterocycles. The molecule has 0 fully saturated rings. The summed E-state index contributed by atoms with van der Waals surface area (Å²) in [6, 6.07) is 11.2. The van der Waals surface area contributed by atoms with E-state index >= 15 is 0 Å². The van der Waals surface area contributed by atoms with E-state index in [9.17, 15) is 14.7 Å². The number of phenolic OH excluding ortho intramolecular Hbond substituents is 1. The van der Waals surface area contributed by atoms with Gasteiger partial charge in [0.25, 0.3) is 11.8 Å². The summed E-state index contributed by atoms with van der Waals surface area (Å²) in [5.41, 5.74) is 7.41. The van der Waals surface area contributed by atoms with Crippen LogP contribution in [0.4, 0.5) is 0 Å². The van der Waals surface area contributed by atoms with Crippen LogP contribution in [0.25, 0.3) is 0 Å². The second-order valence-electron chi connectivity index (χ2n) is 6.66. The molecule has 0 bridgehead atoms. The van der Waals surface area contributed by atoms with Crippen LogP contribution >= 0.6 is 11.6 Å². The van der Waals surface area contributed by atoms with E-state index in [0.29, 0.717) is 17.9 Å². The van der Waals surface area contributed by atoms with Gasteiger partial charge >= 0.3 is 0 Å². The van der Waals surface area contributed by atoms with E-state index in [4.69, 9.17) is 16.3 Å². The smallest absolute Gasteiger partial charge is 0.273 e. The molecule has 0 saturated carbocycles. The van der Waals surface area contributed by atoms with Crippen molar-refractivity contribution >= 4 is 23.4 Å². The molecule has 154 valence electrons. The first-order valence-electron chi connectivity index (χ1n) is 9.07. The lowest BCUT2D eigenvalue weighted by molar-refractivity contribution is 0.0845. The van der Waals surface area contributed by atoms with Crippen LogP contribution in [0.2, 0.25) is 5.02 Å². The van der Waals surface area contributed by atoms with Gasteiger partial charge in [0.1, 0.15) is 18.1 Å². The van der Waals surface area contributed by atoms with Gasteiger partial charge in [0.15, 0.2) is 0 Å². The number of hydrazine groups is 1.